The van der Waals surface area contributed by atoms with E-state index in [1.54, 1.807) is 23.3 Å². The van der Waals surface area contributed by atoms with Gasteiger partial charge in [-0.2, -0.15) is 0 Å². The summed E-state index contributed by atoms with van der Waals surface area (Å²) in [5, 5.41) is 7.45. The topological polar surface area (TPSA) is 66.0 Å². The third-order valence-electron chi connectivity index (χ3n) is 2.01. The lowest BCUT2D eigenvalue weighted by Gasteiger charge is -2.08. The van der Waals surface area contributed by atoms with Crippen molar-refractivity contribution in [3.8, 4) is 11.4 Å². The van der Waals surface area contributed by atoms with Crippen LogP contribution in [-0.2, 0) is 0 Å². The second kappa shape index (κ2) is 4.00. The van der Waals surface area contributed by atoms with E-state index in [0.717, 1.165) is 11.4 Å². The van der Waals surface area contributed by atoms with Gasteiger partial charge in [0.1, 0.15) is 18.4 Å². The molecule has 2 aromatic rings. The normalized spacial score (nSPS) is 10.2. The number of rotatable bonds is 3. The Kier molecular flexibility index (Phi) is 2.53. The quantitative estimate of drug-likeness (QED) is 0.764. The van der Waals surface area contributed by atoms with Crippen molar-refractivity contribution in [1.29, 1.82) is 0 Å². The minimum absolute atomic E-state index is 0.630. The molecule has 0 aliphatic rings. The number of nitrogens with zero attached hydrogens (tertiary/aromatic N) is 3. The highest BCUT2D eigenvalue weighted by molar-refractivity contribution is 5.60. The third kappa shape index (κ3) is 1.90. The average molecular weight is 204 g/mol. The summed E-state index contributed by atoms with van der Waals surface area (Å²) in [6, 6.07) is 5.54. The highest BCUT2D eigenvalue weighted by Gasteiger charge is 2.03. The van der Waals surface area contributed by atoms with Crippen LogP contribution in [0.2, 0.25) is 0 Å². The Bertz CT molecular complexity index is 439. The molecule has 5 nitrogen and oxygen atoms in total. The van der Waals surface area contributed by atoms with E-state index in [9.17, 15) is 0 Å². The van der Waals surface area contributed by atoms with E-state index >= 15 is 0 Å². The molecule has 0 aliphatic carbocycles. The second-order valence-corrected chi connectivity index (χ2v) is 3.02. The highest BCUT2D eigenvalue weighted by atomic mass is 16.5. The standard InChI is InChI=1S/C10H12N4O/c1-2-15-8-3-4-10(9(11)5-8)14-6-12-13-7-14/h3-7H,2,11H2,1H3. The summed E-state index contributed by atoms with van der Waals surface area (Å²) < 4.78 is 7.09. The van der Waals surface area contributed by atoms with Gasteiger partial charge in [-0.25, -0.2) is 0 Å². The van der Waals surface area contributed by atoms with Crippen molar-refractivity contribution < 1.29 is 4.74 Å². The monoisotopic (exact) mass is 204 g/mol. The van der Waals surface area contributed by atoms with E-state index in [2.05, 4.69) is 10.2 Å². The Labute approximate surface area is 87.5 Å². The van der Waals surface area contributed by atoms with Gasteiger partial charge in [-0.15, -0.1) is 10.2 Å². The van der Waals surface area contributed by atoms with Crippen LogP contribution in [0.25, 0.3) is 5.69 Å². The minimum atomic E-state index is 0.630. The predicted molar refractivity (Wildman–Crippen MR) is 56.9 cm³/mol. The molecule has 0 bridgehead atoms. The lowest BCUT2D eigenvalue weighted by Crippen LogP contribution is -1.99. The fourth-order valence-electron chi connectivity index (χ4n) is 1.35. The number of hydrogen-bond donors (Lipinski definition) is 1. The van der Waals surface area contributed by atoms with Gasteiger partial charge >= 0.3 is 0 Å². The Morgan fingerprint density at radius 1 is 1.33 bits per heavy atom. The molecule has 0 amide bonds. The Hall–Kier alpha value is -2.04. The summed E-state index contributed by atoms with van der Waals surface area (Å²) in [6.07, 6.45) is 3.21. The van der Waals surface area contributed by atoms with Gasteiger partial charge in [0.25, 0.3) is 0 Å². The number of ether oxygens (including phenoxy) is 1. The average Bonchev–Trinajstić information content (AvgIpc) is 2.71. The van der Waals surface area contributed by atoms with Gasteiger partial charge in [-0.3, -0.25) is 4.57 Å². The van der Waals surface area contributed by atoms with Gasteiger partial charge in [-0.05, 0) is 19.1 Å². The van der Waals surface area contributed by atoms with Gasteiger partial charge in [-0.1, -0.05) is 0 Å². The largest absolute Gasteiger partial charge is 0.494 e. The summed E-state index contributed by atoms with van der Waals surface area (Å²) in [4.78, 5) is 0. The number of anilines is 1. The lowest BCUT2D eigenvalue weighted by molar-refractivity contribution is 0.340. The molecule has 0 spiro atoms. The predicted octanol–water partition coefficient (Wildman–Crippen LogP) is 1.25. The van der Waals surface area contributed by atoms with Crippen molar-refractivity contribution in [1.82, 2.24) is 14.8 Å². The molecule has 1 aromatic heterocycles. The summed E-state index contributed by atoms with van der Waals surface area (Å²) in [5.74, 6) is 0.770. The number of benzene rings is 1. The molecule has 0 fully saturated rings. The number of aromatic nitrogens is 3. The first-order valence-electron chi connectivity index (χ1n) is 4.68. The van der Waals surface area contributed by atoms with E-state index in [0.29, 0.717) is 12.3 Å². The first-order valence-corrected chi connectivity index (χ1v) is 4.68. The zero-order valence-corrected chi connectivity index (χ0v) is 8.42. The Morgan fingerprint density at radius 3 is 2.67 bits per heavy atom. The van der Waals surface area contributed by atoms with Crippen LogP contribution in [0.5, 0.6) is 5.75 Å². The molecule has 5 heteroatoms. The zero-order chi connectivity index (χ0) is 10.7. The molecular weight excluding hydrogens is 192 g/mol. The van der Waals surface area contributed by atoms with E-state index in [4.69, 9.17) is 10.5 Å². The maximum atomic E-state index is 5.89. The second-order valence-electron chi connectivity index (χ2n) is 3.02. The molecule has 0 radical (unpaired) electrons. The fourth-order valence-corrected chi connectivity index (χ4v) is 1.35. The maximum Gasteiger partial charge on any atom is 0.123 e. The SMILES string of the molecule is CCOc1ccc(-n2cnnc2)c(N)c1. The van der Waals surface area contributed by atoms with Crippen LogP contribution in [-0.4, -0.2) is 21.4 Å². The number of nitrogen functional groups attached to an aromatic ring is 1. The molecule has 0 unspecified atom stereocenters. The van der Waals surface area contributed by atoms with Gasteiger partial charge in [0.15, 0.2) is 0 Å². The first-order chi connectivity index (χ1) is 7.31. The van der Waals surface area contributed by atoms with Gasteiger partial charge in [0, 0.05) is 6.07 Å². The maximum absolute atomic E-state index is 5.89. The van der Waals surface area contributed by atoms with Crippen molar-refractivity contribution in [2.24, 2.45) is 0 Å². The lowest BCUT2D eigenvalue weighted by atomic mass is 10.2. The summed E-state index contributed by atoms with van der Waals surface area (Å²) in [6.45, 7) is 2.56. The van der Waals surface area contributed by atoms with Crippen molar-refractivity contribution in [2.45, 2.75) is 6.92 Å². The molecule has 1 heterocycles. The van der Waals surface area contributed by atoms with Crippen molar-refractivity contribution in [2.75, 3.05) is 12.3 Å². The summed E-state index contributed by atoms with van der Waals surface area (Å²) in [5.41, 5.74) is 7.38. The summed E-state index contributed by atoms with van der Waals surface area (Å²) in [7, 11) is 0. The molecule has 0 aliphatic heterocycles. The smallest absolute Gasteiger partial charge is 0.123 e. The van der Waals surface area contributed by atoms with Crippen LogP contribution >= 0.6 is 0 Å². The Morgan fingerprint density at radius 2 is 2.07 bits per heavy atom. The van der Waals surface area contributed by atoms with Crippen LogP contribution in [0.3, 0.4) is 0 Å². The molecule has 2 N–H and O–H groups in total. The third-order valence-corrected chi connectivity index (χ3v) is 2.01. The first kappa shape index (κ1) is 9.51. The van der Waals surface area contributed by atoms with Gasteiger partial charge in [0.05, 0.1) is 18.0 Å². The van der Waals surface area contributed by atoms with Gasteiger partial charge < -0.3 is 10.5 Å². The molecule has 0 saturated carbocycles. The fraction of sp³-hybridized carbons (Fsp3) is 0.200. The Balaban J connectivity index is 2.35. The highest BCUT2D eigenvalue weighted by Crippen LogP contribution is 2.22. The molecular formula is C10H12N4O. The number of hydrogen-bond acceptors (Lipinski definition) is 4. The van der Waals surface area contributed by atoms with Crippen LogP contribution in [0.4, 0.5) is 5.69 Å². The van der Waals surface area contributed by atoms with Crippen molar-refractivity contribution >= 4 is 5.69 Å². The molecule has 2 rings (SSSR count). The van der Waals surface area contributed by atoms with Crippen LogP contribution in [0.15, 0.2) is 30.9 Å². The molecule has 78 valence electrons. The minimum Gasteiger partial charge on any atom is -0.494 e. The van der Waals surface area contributed by atoms with Crippen LogP contribution < -0.4 is 10.5 Å². The van der Waals surface area contributed by atoms with Crippen LogP contribution in [0, 0.1) is 0 Å². The van der Waals surface area contributed by atoms with Crippen LogP contribution in [0.1, 0.15) is 6.92 Å². The molecule has 15 heavy (non-hydrogen) atoms. The van der Waals surface area contributed by atoms with Crippen molar-refractivity contribution in [3.05, 3.63) is 30.9 Å². The zero-order valence-electron chi connectivity index (χ0n) is 8.42. The van der Waals surface area contributed by atoms with Gasteiger partial charge in [0.2, 0.25) is 0 Å². The van der Waals surface area contributed by atoms with E-state index in [-0.39, 0.29) is 0 Å². The van der Waals surface area contributed by atoms with E-state index in [1.807, 2.05) is 19.1 Å². The van der Waals surface area contributed by atoms with E-state index in [1.165, 1.54) is 0 Å². The number of nitrogens with two attached hydrogens (primary N) is 1. The molecule has 1 aromatic carbocycles. The molecule has 0 saturated heterocycles. The van der Waals surface area contributed by atoms with E-state index < -0.39 is 0 Å². The molecule has 0 atom stereocenters. The summed E-state index contributed by atoms with van der Waals surface area (Å²) >= 11 is 0. The van der Waals surface area contributed by atoms with Crippen molar-refractivity contribution in [3.63, 3.8) is 0 Å².